The smallest absolute Gasteiger partial charge is 0.291 e. The zero-order valence-corrected chi connectivity index (χ0v) is 11.1. The Balaban J connectivity index is 2.13. The number of hydrogen-bond donors (Lipinski definition) is 0. The summed E-state index contributed by atoms with van der Waals surface area (Å²) in [6.07, 6.45) is 1.32. The van der Waals surface area contributed by atoms with Crippen molar-refractivity contribution < 1.29 is 9.47 Å². The minimum atomic E-state index is -0.481. The van der Waals surface area contributed by atoms with E-state index in [4.69, 9.17) is 32.7 Å². The summed E-state index contributed by atoms with van der Waals surface area (Å²) in [5, 5.41) is 4.01. The van der Waals surface area contributed by atoms with Gasteiger partial charge >= 0.3 is 0 Å². The van der Waals surface area contributed by atoms with Crippen molar-refractivity contribution in [3.63, 3.8) is 0 Å². The normalized spacial score (nSPS) is 13.4. The molecule has 0 spiro atoms. The Morgan fingerprint density at radius 3 is 2.68 bits per heavy atom. The van der Waals surface area contributed by atoms with Gasteiger partial charge in [0.25, 0.3) is 5.56 Å². The van der Waals surface area contributed by atoms with Crippen LogP contribution in [-0.2, 0) is 0 Å². The molecule has 0 atom stereocenters. The van der Waals surface area contributed by atoms with Gasteiger partial charge in [0.2, 0.25) is 0 Å². The monoisotopic (exact) mass is 298 g/mol. The maximum absolute atomic E-state index is 12.0. The van der Waals surface area contributed by atoms with Gasteiger partial charge in [0.1, 0.15) is 18.2 Å². The fraction of sp³-hybridized carbons (Fsp3) is 0.167. The van der Waals surface area contributed by atoms with E-state index in [1.807, 2.05) is 0 Å². The van der Waals surface area contributed by atoms with Crippen molar-refractivity contribution >= 4 is 23.2 Å². The van der Waals surface area contributed by atoms with E-state index in [9.17, 15) is 4.79 Å². The average Bonchev–Trinajstić information content (AvgIpc) is 2.44. The number of fused-ring (bicyclic) bond motifs is 1. The lowest BCUT2D eigenvalue weighted by atomic mass is 10.2. The van der Waals surface area contributed by atoms with Gasteiger partial charge in [-0.15, -0.1) is 0 Å². The third-order valence-electron chi connectivity index (χ3n) is 2.65. The molecule has 3 rings (SSSR count). The van der Waals surface area contributed by atoms with Gasteiger partial charge in [0.05, 0.1) is 16.9 Å². The molecule has 0 unspecified atom stereocenters. The predicted octanol–water partition coefficient (Wildman–Crippen LogP) is 2.31. The highest BCUT2D eigenvalue weighted by Crippen LogP contribution is 2.31. The second kappa shape index (κ2) is 4.75. The summed E-state index contributed by atoms with van der Waals surface area (Å²) in [5.41, 5.74) is 0.0543. The molecule has 7 heteroatoms. The van der Waals surface area contributed by atoms with Crippen molar-refractivity contribution in [2.75, 3.05) is 13.2 Å². The molecule has 98 valence electrons. The summed E-state index contributed by atoms with van der Waals surface area (Å²) in [5.74, 6) is 1.21. The Morgan fingerprint density at radius 2 is 1.89 bits per heavy atom. The van der Waals surface area contributed by atoms with Gasteiger partial charge < -0.3 is 9.47 Å². The summed E-state index contributed by atoms with van der Waals surface area (Å²) in [4.78, 5) is 12.0. The van der Waals surface area contributed by atoms with Crippen LogP contribution in [0, 0.1) is 0 Å². The van der Waals surface area contributed by atoms with Crippen molar-refractivity contribution in [2.24, 2.45) is 0 Å². The van der Waals surface area contributed by atoms with Crippen LogP contribution in [0.25, 0.3) is 5.69 Å². The number of ether oxygens (including phenoxy) is 2. The highest BCUT2D eigenvalue weighted by Gasteiger charge is 2.14. The van der Waals surface area contributed by atoms with E-state index in [1.54, 1.807) is 18.2 Å². The Kier molecular flexibility index (Phi) is 3.08. The molecule has 5 nitrogen and oxygen atoms in total. The van der Waals surface area contributed by atoms with Crippen LogP contribution in [0.5, 0.6) is 11.5 Å². The molecule has 1 aliphatic heterocycles. The lowest BCUT2D eigenvalue weighted by Gasteiger charge is -2.18. The maximum Gasteiger partial charge on any atom is 0.291 e. The molecule has 0 saturated heterocycles. The summed E-state index contributed by atoms with van der Waals surface area (Å²) in [7, 11) is 0. The summed E-state index contributed by atoms with van der Waals surface area (Å²) in [6.45, 7) is 0.984. The second-order valence-electron chi connectivity index (χ2n) is 3.85. The van der Waals surface area contributed by atoms with Crippen LogP contribution < -0.4 is 15.0 Å². The van der Waals surface area contributed by atoms with Crippen LogP contribution in [0.15, 0.2) is 29.2 Å². The first-order valence-corrected chi connectivity index (χ1v) is 6.26. The number of rotatable bonds is 1. The van der Waals surface area contributed by atoms with E-state index >= 15 is 0 Å². The first-order chi connectivity index (χ1) is 9.16. The first kappa shape index (κ1) is 12.3. The largest absolute Gasteiger partial charge is 0.486 e. The molecular formula is C12H8Cl2N2O3. The Morgan fingerprint density at radius 1 is 1.16 bits per heavy atom. The number of benzene rings is 1. The molecule has 1 aliphatic rings. The first-order valence-electron chi connectivity index (χ1n) is 5.50. The molecule has 0 N–H and O–H groups in total. The minimum Gasteiger partial charge on any atom is -0.486 e. The van der Waals surface area contributed by atoms with E-state index in [1.165, 1.54) is 6.20 Å². The highest BCUT2D eigenvalue weighted by molar-refractivity contribution is 6.41. The molecule has 0 radical (unpaired) electrons. The van der Waals surface area contributed by atoms with Crippen LogP contribution in [0.3, 0.4) is 0 Å². The fourth-order valence-electron chi connectivity index (χ4n) is 1.76. The predicted molar refractivity (Wildman–Crippen MR) is 70.8 cm³/mol. The average molecular weight is 299 g/mol. The molecule has 2 aromatic rings. The quantitative estimate of drug-likeness (QED) is 0.811. The molecule has 2 heterocycles. The summed E-state index contributed by atoms with van der Waals surface area (Å²) < 4.78 is 12.0. The second-order valence-corrected chi connectivity index (χ2v) is 4.64. The standard InChI is InChI=1S/C12H8Cl2N2O3/c13-8-6-15-16(12(17)11(8)14)7-1-2-9-10(5-7)19-4-3-18-9/h1-2,5-6H,3-4H2. The van der Waals surface area contributed by atoms with Gasteiger partial charge in [-0.2, -0.15) is 9.78 Å². The van der Waals surface area contributed by atoms with Crippen molar-refractivity contribution in [1.29, 1.82) is 0 Å². The lowest BCUT2D eigenvalue weighted by molar-refractivity contribution is 0.171. The van der Waals surface area contributed by atoms with Gasteiger partial charge in [0, 0.05) is 6.07 Å². The van der Waals surface area contributed by atoms with Crippen LogP contribution >= 0.6 is 23.2 Å². The lowest BCUT2D eigenvalue weighted by Crippen LogP contribution is -2.22. The van der Waals surface area contributed by atoms with Crippen molar-refractivity contribution in [1.82, 2.24) is 9.78 Å². The van der Waals surface area contributed by atoms with Crippen molar-refractivity contribution in [3.8, 4) is 17.2 Å². The SMILES string of the molecule is O=c1c(Cl)c(Cl)cnn1-c1ccc2c(c1)OCCO2. The van der Waals surface area contributed by atoms with Crippen LogP contribution in [0.1, 0.15) is 0 Å². The molecule has 1 aromatic carbocycles. The zero-order valence-electron chi connectivity index (χ0n) is 9.60. The van der Waals surface area contributed by atoms with Crippen LogP contribution in [0.4, 0.5) is 0 Å². The Bertz CT molecular complexity index is 700. The zero-order chi connectivity index (χ0) is 13.4. The molecule has 0 saturated carbocycles. The fourth-order valence-corrected chi connectivity index (χ4v) is 2.01. The van der Waals surface area contributed by atoms with Gasteiger partial charge in [-0.3, -0.25) is 4.79 Å². The van der Waals surface area contributed by atoms with E-state index in [0.717, 1.165) is 4.68 Å². The number of halogens is 2. The van der Waals surface area contributed by atoms with Gasteiger partial charge in [-0.05, 0) is 12.1 Å². The molecule has 0 fully saturated rings. The Hall–Kier alpha value is -1.72. The van der Waals surface area contributed by atoms with E-state index in [2.05, 4.69) is 5.10 Å². The van der Waals surface area contributed by atoms with E-state index in [0.29, 0.717) is 30.4 Å². The molecule has 19 heavy (non-hydrogen) atoms. The number of nitrogens with zero attached hydrogens (tertiary/aromatic N) is 2. The number of aromatic nitrogens is 2. The topological polar surface area (TPSA) is 53.4 Å². The van der Waals surface area contributed by atoms with Gasteiger partial charge in [-0.25, -0.2) is 0 Å². The molecule has 0 bridgehead atoms. The summed E-state index contributed by atoms with van der Waals surface area (Å²) in [6, 6.07) is 5.10. The molecule has 1 aromatic heterocycles. The van der Waals surface area contributed by atoms with Gasteiger partial charge in [-0.1, -0.05) is 23.2 Å². The van der Waals surface area contributed by atoms with Crippen molar-refractivity contribution in [2.45, 2.75) is 0 Å². The third kappa shape index (κ3) is 2.15. The third-order valence-corrected chi connectivity index (χ3v) is 3.40. The molecule has 0 aliphatic carbocycles. The van der Waals surface area contributed by atoms with Gasteiger partial charge in [0.15, 0.2) is 11.5 Å². The minimum absolute atomic E-state index is 0.0634. The summed E-state index contributed by atoms with van der Waals surface area (Å²) >= 11 is 11.6. The van der Waals surface area contributed by atoms with Crippen LogP contribution in [0.2, 0.25) is 10.0 Å². The maximum atomic E-state index is 12.0. The highest BCUT2D eigenvalue weighted by atomic mass is 35.5. The molecule has 0 amide bonds. The van der Waals surface area contributed by atoms with E-state index in [-0.39, 0.29) is 10.0 Å². The molecular weight excluding hydrogens is 291 g/mol. The van der Waals surface area contributed by atoms with E-state index < -0.39 is 5.56 Å². The van der Waals surface area contributed by atoms with Crippen LogP contribution in [-0.4, -0.2) is 23.0 Å². The Labute approximate surface area is 118 Å². The number of hydrogen-bond acceptors (Lipinski definition) is 4. The van der Waals surface area contributed by atoms with Crippen molar-refractivity contribution in [3.05, 3.63) is 44.8 Å².